The van der Waals surface area contributed by atoms with E-state index in [1.165, 1.54) is 21.6 Å². The molecule has 0 radical (unpaired) electrons. The molecule has 7 nitrogen and oxygen atoms in total. The van der Waals surface area contributed by atoms with E-state index in [1.807, 2.05) is 31.2 Å². The molecule has 4 rings (SSSR count). The van der Waals surface area contributed by atoms with E-state index < -0.39 is 0 Å². The van der Waals surface area contributed by atoms with E-state index in [9.17, 15) is 9.59 Å². The maximum absolute atomic E-state index is 12.3. The Balaban J connectivity index is 1.30. The molecular formula is C20H23N5O2S. The van der Waals surface area contributed by atoms with E-state index >= 15 is 0 Å². The number of aryl methyl sites for hydroxylation is 3. The molecule has 0 spiro atoms. The summed E-state index contributed by atoms with van der Waals surface area (Å²) in [5.41, 5.74) is 2.59. The zero-order valence-electron chi connectivity index (χ0n) is 15.9. The molecule has 1 N–H and O–H groups in total. The van der Waals surface area contributed by atoms with Crippen LogP contribution in [0.1, 0.15) is 41.1 Å². The highest BCUT2D eigenvalue weighted by Crippen LogP contribution is 2.23. The average Bonchev–Trinajstić information content (AvgIpc) is 3.32. The Morgan fingerprint density at radius 1 is 1.25 bits per heavy atom. The van der Waals surface area contributed by atoms with Crippen LogP contribution in [0.4, 0.5) is 0 Å². The first-order valence-corrected chi connectivity index (χ1v) is 10.5. The van der Waals surface area contributed by atoms with Gasteiger partial charge in [-0.25, -0.2) is 14.5 Å². The maximum Gasteiger partial charge on any atom is 0.345 e. The molecule has 1 aliphatic rings. The SMILES string of the molecule is Cc1ccc(-c2nc(C(=O)NCCCn3nc4n(c3=O)CCCC4)cs2)cc1. The lowest BCUT2D eigenvalue weighted by Crippen LogP contribution is -2.29. The minimum atomic E-state index is -0.189. The molecule has 0 bridgehead atoms. The molecule has 3 aromatic rings. The minimum absolute atomic E-state index is 0.0386. The molecule has 28 heavy (non-hydrogen) atoms. The number of nitrogens with zero attached hydrogens (tertiary/aromatic N) is 4. The topological polar surface area (TPSA) is 81.8 Å². The summed E-state index contributed by atoms with van der Waals surface area (Å²) in [4.78, 5) is 29.1. The van der Waals surface area contributed by atoms with Crippen LogP contribution in [0.2, 0.25) is 0 Å². The number of hydrogen-bond donors (Lipinski definition) is 1. The van der Waals surface area contributed by atoms with Gasteiger partial charge in [0.1, 0.15) is 16.5 Å². The Kier molecular flexibility index (Phi) is 5.38. The first-order valence-electron chi connectivity index (χ1n) is 9.59. The molecule has 1 aliphatic heterocycles. The number of carbonyl (C=O) groups is 1. The summed E-state index contributed by atoms with van der Waals surface area (Å²) in [6.07, 6.45) is 3.64. The fourth-order valence-corrected chi connectivity index (χ4v) is 4.13. The van der Waals surface area contributed by atoms with Crippen molar-refractivity contribution in [2.45, 2.75) is 45.7 Å². The van der Waals surface area contributed by atoms with Crippen molar-refractivity contribution in [2.75, 3.05) is 6.54 Å². The van der Waals surface area contributed by atoms with Gasteiger partial charge in [0.25, 0.3) is 5.91 Å². The van der Waals surface area contributed by atoms with Gasteiger partial charge in [0.05, 0.1) is 0 Å². The second kappa shape index (κ2) is 8.10. The lowest BCUT2D eigenvalue weighted by molar-refractivity contribution is 0.0948. The monoisotopic (exact) mass is 397 g/mol. The predicted octanol–water partition coefficient (Wildman–Crippen LogP) is 2.63. The van der Waals surface area contributed by atoms with Gasteiger partial charge in [-0.05, 0) is 26.2 Å². The number of rotatable bonds is 6. The largest absolute Gasteiger partial charge is 0.351 e. The molecule has 0 atom stereocenters. The van der Waals surface area contributed by atoms with E-state index in [-0.39, 0.29) is 11.6 Å². The van der Waals surface area contributed by atoms with Gasteiger partial charge in [-0.1, -0.05) is 29.8 Å². The fourth-order valence-electron chi connectivity index (χ4n) is 3.32. The van der Waals surface area contributed by atoms with Gasteiger partial charge in [0.15, 0.2) is 0 Å². The standard InChI is InChI=1S/C20H23N5O2S/c1-14-6-8-15(9-7-14)19-22-16(13-28-19)18(26)21-10-4-12-25-20(27)24-11-3-2-5-17(24)23-25/h6-9,13H,2-5,10-12H2,1H3,(H,21,26). The van der Waals surface area contributed by atoms with Gasteiger partial charge in [-0.2, -0.15) is 5.10 Å². The highest BCUT2D eigenvalue weighted by atomic mass is 32.1. The summed E-state index contributed by atoms with van der Waals surface area (Å²) in [7, 11) is 0. The highest BCUT2D eigenvalue weighted by molar-refractivity contribution is 7.13. The number of amides is 1. The fraction of sp³-hybridized carbons (Fsp3) is 0.400. The summed E-state index contributed by atoms with van der Waals surface area (Å²) in [5, 5.41) is 9.90. The lowest BCUT2D eigenvalue weighted by atomic mass is 10.2. The van der Waals surface area contributed by atoms with Gasteiger partial charge in [0.2, 0.25) is 0 Å². The van der Waals surface area contributed by atoms with Crippen LogP contribution in [-0.4, -0.2) is 31.8 Å². The van der Waals surface area contributed by atoms with Crippen molar-refractivity contribution in [3.63, 3.8) is 0 Å². The second-order valence-corrected chi connectivity index (χ2v) is 7.90. The Bertz CT molecular complexity index is 1030. The first kappa shape index (κ1) is 18.6. The highest BCUT2D eigenvalue weighted by Gasteiger charge is 2.16. The van der Waals surface area contributed by atoms with Gasteiger partial charge in [-0.15, -0.1) is 11.3 Å². The van der Waals surface area contributed by atoms with Crippen LogP contribution in [0.15, 0.2) is 34.4 Å². The summed E-state index contributed by atoms with van der Waals surface area (Å²) in [6, 6.07) is 8.09. The molecule has 8 heteroatoms. The number of fused-ring (bicyclic) bond motifs is 1. The summed E-state index contributed by atoms with van der Waals surface area (Å²) in [5.74, 6) is 0.692. The van der Waals surface area contributed by atoms with Crippen molar-refractivity contribution in [1.29, 1.82) is 0 Å². The quantitative estimate of drug-likeness (QED) is 0.648. The third kappa shape index (κ3) is 3.91. The molecule has 0 fully saturated rings. The van der Waals surface area contributed by atoms with Gasteiger partial charge in [-0.3, -0.25) is 9.36 Å². The normalized spacial score (nSPS) is 13.3. The zero-order valence-corrected chi connectivity index (χ0v) is 16.7. The molecule has 1 amide bonds. The Labute approximate surface area is 167 Å². The smallest absolute Gasteiger partial charge is 0.345 e. The molecule has 3 heterocycles. The second-order valence-electron chi connectivity index (χ2n) is 7.04. The molecule has 0 unspecified atom stereocenters. The lowest BCUT2D eigenvalue weighted by Gasteiger charge is -2.09. The molecule has 1 aromatic carbocycles. The van der Waals surface area contributed by atoms with Crippen LogP contribution < -0.4 is 11.0 Å². The number of carbonyl (C=O) groups excluding carboxylic acids is 1. The van der Waals surface area contributed by atoms with Crippen LogP contribution in [0.25, 0.3) is 10.6 Å². The third-order valence-corrected chi connectivity index (χ3v) is 5.79. The number of thiazole rings is 1. The van der Waals surface area contributed by atoms with Crippen molar-refractivity contribution in [3.05, 3.63) is 57.2 Å². The maximum atomic E-state index is 12.3. The summed E-state index contributed by atoms with van der Waals surface area (Å²) in [6.45, 7) is 3.78. The third-order valence-electron chi connectivity index (χ3n) is 4.90. The van der Waals surface area contributed by atoms with E-state index in [1.54, 1.807) is 9.95 Å². The number of hydrogen-bond acceptors (Lipinski definition) is 5. The number of benzene rings is 1. The van der Waals surface area contributed by atoms with Crippen molar-refractivity contribution >= 4 is 17.2 Å². The Hall–Kier alpha value is -2.74. The molecule has 146 valence electrons. The summed E-state index contributed by atoms with van der Waals surface area (Å²) < 4.78 is 3.29. The van der Waals surface area contributed by atoms with Crippen molar-refractivity contribution < 1.29 is 4.79 Å². The molecule has 2 aromatic heterocycles. The van der Waals surface area contributed by atoms with E-state index in [0.717, 1.165) is 42.2 Å². The number of nitrogens with one attached hydrogen (secondary N) is 1. The van der Waals surface area contributed by atoms with E-state index in [2.05, 4.69) is 15.4 Å². The van der Waals surface area contributed by atoms with E-state index in [4.69, 9.17) is 0 Å². The van der Waals surface area contributed by atoms with Crippen LogP contribution in [0.3, 0.4) is 0 Å². The van der Waals surface area contributed by atoms with Crippen molar-refractivity contribution in [1.82, 2.24) is 24.6 Å². The predicted molar refractivity (Wildman–Crippen MR) is 109 cm³/mol. The van der Waals surface area contributed by atoms with Crippen molar-refractivity contribution in [3.8, 4) is 10.6 Å². The average molecular weight is 398 g/mol. The van der Waals surface area contributed by atoms with Crippen LogP contribution >= 0.6 is 11.3 Å². The van der Waals surface area contributed by atoms with Gasteiger partial charge in [0, 0.05) is 37.0 Å². The minimum Gasteiger partial charge on any atom is -0.351 e. The molecule has 0 saturated carbocycles. The first-order chi connectivity index (χ1) is 13.6. The number of aromatic nitrogens is 4. The molecule has 0 aliphatic carbocycles. The van der Waals surface area contributed by atoms with Gasteiger partial charge >= 0.3 is 5.69 Å². The zero-order chi connectivity index (χ0) is 19.5. The Morgan fingerprint density at radius 2 is 2.07 bits per heavy atom. The van der Waals surface area contributed by atoms with Crippen molar-refractivity contribution in [2.24, 2.45) is 0 Å². The summed E-state index contributed by atoms with van der Waals surface area (Å²) >= 11 is 1.46. The van der Waals surface area contributed by atoms with Gasteiger partial charge < -0.3 is 5.32 Å². The van der Waals surface area contributed by atoms with Crippen LogP contribution in [0.5, 0.6) is 0 Å². The molecule has 0 saturated heterocycles. The van der Waals surface area contributed by atoms with Crippen LogP contribution in [0, 0.1) is 6.92 Å². The van der Waals surface area contributed by atoms with E-state index in [0.29, 0.717) is 25.2 Å². The molecular weight excluding hydrogens is 374 g/mol. The van der Waals surface area contributed by atoms with Crippen LogP contribution in [-0.2, 0) is 19.5 Å². The Morgan fingerprint density at radius 3 is 2.86 bits per heavy atom.